The number of rotatable bonds is 2. The maximum atomic E-state index is 5.68. The van der Waals surface area contributed by atoms with Gasteiger partial charge in [-0.15, -0.1) is 0 Å². The second kappa shape index (κ2) is 4.62. The van der Waals surface area contributed by atoms with Gasteiger partial charge in [0.2, 0.25) is 0 Å². The van der Waals surface area contributed by atoms with Gasteiger partial charge in [0.25, 0.3) is 0 Å². The zero-order valence-corrected chi connectivity index (χ0v) is 9.32. The van der Waals surface area contributed by atoms with Crippen molar-refractivity contribution in [3.05, 3.63) is 23.9 Å². The molecule has 1 fully saturated rings. The summed E-state index contributed by atoms with van der Waals surface area (Å²) in [5.74, 6) is 1.86. The van der Waals surface area contributed by atoms with Crippen LogP contribution in [0.15, 0.2) is 18.3 Å². The molecule has 1 aliphatic heterocycles. The van der Waals surface area contributed by atoms with Gasteiger partial charge in [-0.2, -0.15) is 0 Å². The van der Waals surface area contributed by atoms with E-state index in [1.165, 1.54) is 18.4 Å². The second-order valence-corrected chi connectivity index (χ2v) is 4.31. The van der Waals surface area contributed by atoms with Crippen molar-refractivity contribution >= 4 is 5.82 Å². The molecule has 0 saturated carbocycles. The van der Waals surface area contributed by atoms with E-state index >= 15 is 0 Å². The molecule has 3 heteroatoms. The Morgan fingerprint density at radius 1 is 1.47 bits per heavy atom. The molecule has 1 aromatic heterocycles. The maximum absolute atomic E-state index is 5.68. The molecular formula is C12H19N3. The van der Waals surface area contributed by atoms with Crippen LogP contribution in [0.25, 0.3) is 0 Å². The number of piperidine rings is 1. The van der Waals surface area contributed by atoms with Crippen LogP contribution in [-0.2, 0) is 0 Å². The van der Waals surface area contributed by atoms with Crippen molar-refractivity contribution < 1.29 is 0 Å². The van der Waals surface area contributed by atoms with Crippen molar-refractivity contribution in [3.63, 3.8) is 0 Å². The van der Waals surface area contributed by atoms with E-state index in [4.69, 9.17) is 5.73 Å². The van der Waals surface area contributed by atoms with Crippen LogP contribution in [0.5, 0.6) is 0 Å². The summed E-state index contributed by atoms with van der Waals surface area (Å²) in [5, 5.41) is 0. The number of hydrogen-bond acceptors (Lipinski definition) is 3. The van der Waals surface area contributed by atoms with Gasteiger partial charge in [0.05, 0.1) is 0 Å². The van der Waals surface area contributed by atoms with Gasteiger partial charge < -0.3 is 10.6 Å². The number of pyridine rings is 1. The third kappa shape index (κ3) is 2.29. The van der Waals surface area contributed by atoms with Gasteiger partial charge >= 0.3 is 0 Å². The average Bonchev–Trinajstić information content (AvgIpc) is 2.30. The summed E-state index contributed by atoms with van der Waals surface area (Å²) in [4.78, 5) is 6.82. The first-order valence-corrected chi connectivity index (χ1v) is 5.68. The van der Waals surface area contributed by atoms with Crippen molar-refractivity contribution in [1.29, 1.82) is 0 Å². The average molecular weight is 205 g/mol. The van der Waals surface area contributed by atoms with Crippen LogP contribution in [0.4, 0.5) is 5.82 Å². The third-order valence-electron chi connectivity index (χ3n) is 3.23. The van der Waals surface area contributed by atoms with Crippen LogP contribution in [0.2, 0.25) is 0 Å². The minimum Gasteiger partial charge on any atom is -0.356 e. The Morgan fingerprint density at radius 3 is 2.80 bits per heavy atom. The van der Waals surface area contributed by atoms with Crippen molar-refractivity contribution in [2.45, 2.75) is 19.8 Å². The highest BCUT2D eigenvalue weighted by molar-refractivity contribution is 5.46. The van der Waals surface area contributed by atoms with Gasteiger partial charge in [-0.1, -0.05) is 6.07 Å². The highest BCUT2D eigenvalue weighted by atomic mass is 15.2. The van der Waals surface area contributed by atoms with Crippen molar-refractivity contribution in [1.82, 2.24) is 4.98 Å². The maximum Gasteiger partial charge on any atom is 0.131 e. The molecule has 0 bridgehead atoms. The van der Waals surface area contributed by atoms with E-state index in [9.17, 15) is 0 Å². The predicted molar refractivity (Wildman–Crippen MR) is 63.0 cm³/mol. The first-order chi connectivity index (χ1) is 7.31. The molecule has 0 aliphatic carbocycles. The summed E-state index contributed by atoms with van der Waals surface area (Å²) in [6, 6.07) is 4.11. The molecule has 1 aliphatic rings. The molecule has 1 saturated heterocycles. The Balaban J connectivity index is 2.04. The van der Waals surface area contributed by atoms with Crippen LogP contribution < -0.4 is 10.6 Å². The van der Waals surface area contributed by atoms with Gasteiger partial charge in [0.1, 0.15) is 5.82 Å². The summed E-state index contributed by atoms with van der Waals surface area (Å²) in [6.07, 6.45) is 4.27. The van der Waals surface area contributed by atoms with E-state index in [-0.39, 0.29) is 0 Å². The SMILES string of the molecule is Cc1cccnc1N1CCC(CN)CC1. The molecule has 0 atom stereocenters. The Bertz CT molecular complexity index is 316. The lowest BCUT2D eigenvalue weighted by Gasteiger charge is -2.33. The van der Waals surface area contributed by atoms with Gasteiger partial charge in [-0.25, -0.2) is 4.98 Å². The Hall–Kier alpha value is -1.09. The van der Waals surface area contributed by atoms with E-state index in [0.29, 0.717) is 5.92 Å². The molecule has 82 valence electrons. The molecule has 0 aromatic carbocycles. The number of nitrogens with two attached hydrogens (primary N) is 1. The molecule has 3 nitrogen and oxygen atoms in total. The molecular weight excluding hydrogens is 186 g/mol. The van der Waals surface area contributed by atoms with Gasteiger partial charge in [0, 0.05) is 19.3 Å². The number of aromatic nitrogens is 1. The fourth-order valence-electron chi connectivity index (χ4n) is 2.19. The highest BCUT2D eigenvalue weighted by Gasteiger charge is 2.19. The predicted octanol–water partition coefficient (Wildman–Crippen LogP) is 1.57. The first kappa shape index (κ1) is 10.4. The molecule has 0 spiro atoms. The summed E-state index contributed by atoms with van der Waals surface area (Å²) in [6.45, 7) is 5.14. The number of aryl methyl sites for hydroxylation is 1. The lowest BCUT2D eigenvalue weighted by Crippen LogP contribution is -2.36. The van der Waals surface area contributed by atoms with Crippen LogP contribution in [0.3, 0.4) is 0 Å². The minimum absolute atomic E-state index is 0.713. The normalized spacial score (nSPS) is 18.1. The van der Waals surface area contributed by atoms with E-state index in [2.05, 4.69) is 22.9 Å². The fraction of sp³-hybridized carbons (Fsp3) is 0.583. The fourth-order valence-corrected chi connectivity index (χ4v) is 2.19. The summed E-state index contributed by atoms with van der Waals surface area (Å²) in [7, 11) is 0. The highest BCUT2D eigenvalue weighted by Crippen LogP contribution is 2.23. The van der Waals surface area contributed by atoms with Gasteiger partial charge in [-0.05, 0) is 43.9 Å². The van der Waals surface area contributed by atoms with Crippen molar-refractivity contribution in [3.8, 4) is 0 Å². The Labute approximate surface area is 91.3 Å². The van der Waals surface area contributed by atoms with Crippen LogP contribution in [0.1, 0.15) is 18.4 Å². The number of hydrogen-bond donors (Lipinski definition) is 1. The lowest BCUT2D eigenvalue weighted by atomic mass is 9.97. The molecule has 0 amide bonds. The standard InChI is InChI=1S/C12H19N3/c1-10-3-2-6-14-12(10)15-7-4-11(9-13)5-8-15/h2-3,6,11H,4-5,7-9,13H2,1H3. The largest absolute Gasteiger partial charge is 0.356 e. The third-order valence-corrected chi connectivity index (χ3v) is 3.23. The van der Waals surface area contributed by atoms with E-state index in [0.717, 1.165) is 25.5 Å². The molecule has 0 radical (unpaired) electrons. The number of nitrogens with zero attached hydrogens (tertiary/aromatic N) is 2. The molecule has 0 unspecified atom stereocenters. The molecule has 15 heavy (non-hydrogen) atoms. The van der Waals surface area contributed by atoms with Gasteiger partial charge in [0.15, 0.2) is 0 Å². The molecule has 2 heterocycles. The monoisotopic (exact) mass is 205 g/mol. The zero-order valence-electron chi connectivity index (χ0n) is 9.32. The van der Waals surface area contributed by atoms with Crippen LogP contribution in [-0.4, -0.2) is 24.6 Å². The minimum atomic E-state index is 0.713. The Morgan fingerprint density at radius 2 is 2.20 bits per heavy atom. The second-order valence-electron chi connectivity index (χ2n) is 4.31. The van der Waals surface area contributed by atoms with E-state index in [1.54, 1.807) is 0 Å². The summed E-state index contributed by atoms with van der Waals surface area (Å²) < 4.78 is 0. The van der Waals surface area contributed by atoms with Crippen molar-refractivity contribution in [2.24, 2.45) is 11.7 Å². The van der Waals surface area contributed by atoms with Crippen LogP contribution >= 0.6 is 0 Å². The number of anilines is 1. The summed E-state index contributed by atoms with van der Waals surface area (Å²) in [5.41, 5.74) is 6.95. The zero-order chi connectivity index (χ0) is 10.7. The smallest absolute Gasteiger partial charge is 0.131 e. The van der Waals surface area contributed by atoms with Gasteiger partial charge in [-0.3, -0.25) is 0 Å². The van der Waals surface area contributed by atoms with E-state index in [1.807, 2.05) is 12.3 Å². The first-order valence-electron chi connectivity index (χ1n) is 5.68. The van der Waals surface area contributed by atoms with E-state index < -0.39 is 0 Å². The molecule has 2 rings (SSSR count). The molecule has 1 aromatic rings. The van der Waals surface area contributed by atoms with Crippen LogP contribution in [0, 0.1) is 12.8 Å². The molecule has 2 N–H and O–H groups in total. The lowest BCUT2D eigenvalue weighted by molar-refractivity contribution is 0.413. The Kier molecular flexibility index (Phi) is 3.21. The topological polar surface area (TPSA) is 42.2 Å². The quantitative estimate of drug-likeness (QED) is 0.796. The summed E-state index contributed by atoms with van der Waals surface area (Å²) >= 11 is 0. The van der Waals surface area contributed by atoms with Crippen molar-refractivity contribution in [2.75, 3.05) is 24.5 Å².